The zero-order valence-electron chi connectivity index (χ0n) is 12.4. The molecule has 0 aromatic heterocycles. The van der Waals surface area contributed by atoms with E-state index in [0.29, 0.717) is 24.3 Å². The summed E-state index contributed by atoms with van der Waals surface area (Å²) in [4.78, 5) is 14.2. The number of rotatable bonds is 9. The Hall–Kier alpha value is -0.260. The van der Waals surface area contributed by atoms with E-state index >= 15 is 0 Å². The van der Waals surface area contributed by atoms with Crippen LogP contribution in [0.2, 0.25) is 0 Å². The molecule has 1 rings (SSSR count). The minimum absolute atomic E-state index is 0.176. The van der Waals surface area contributed by atoms with Crippen LogP contribution >= 0.6 is 11.8 Å². The van der Waals surface area contributed by atoms with Gasteiger partial charge in [-0.25, -0.2) is 0 Å². The van der Waals surface area contributed by atoms with E-state index in [1.54, 1.807) is 11.8 Å². The predicted molar refractivity (Wildman–Crippen MR) is 83.4 cm³/mol. The van der Waals surface area contributed by atoms with Gasteiger partial charge in [0, 0.05) is 18.3 Å². The van der Waals surface area contributed by atoms with Gasteiger partial charge in [0.1, 0.15) is 0 Å². The summed E-state index contributed by atoms with van der Waals surface area (Å²) in [5, 5.41) is 3.14. The van der Waals surface area contributed by atoms with Crippen LogP contribution in [0.3, 0.4) is 0 Å². The number of nitrogens with zero attached hydrogens (tertiary/aromatic N) is 1. The van der Waals surface area contributed by atoms with Gasteiger partial charge in [0.05, 0.1) is 5.75 Å². The number of nitrogens with two attached hydrogens (primary N) is 1. The molecule has 1 amide bonds. The highest BCUT2D eigenvalue weighted by Gasteiger charge is 2.26. The maximum Gasteiger partial charge on any atom is 0.230 e. The van der Waals surface area contributed by atoms with E-state index in [2.05, 4.69) is 24.1 Å². The molecule has 19 heavy (non-hydrogen) atoms. The highest BCUT2D eigenvalue weighted by Crippen LogP contribution is 2.24. The summed E-state index contributed by atoms with van der Waals surface area (Å²) in [5.74, 6) is 2.27. The van der Waals surface area contributed by atoms with Crippen LogP contribution in [0.1, 0.15) is 33.1 Å². The number of carbonyl (C=O) groups is 1. The first-order valence-corrected chi connectivity index (χ1v) is 8.66. The highest BCUT2D eigenvalue weighted by molar-refractivity contribution is 7.99. The van der Waals surface area contributed by atoms with Gasteiger partial charge in [-0.3, -0.25) is 4.79 Å². The van der Waals surface area contributed by atoms with Gasteiger partial charge in [-0.05, 0) is 38.4 Å². The number of hydrogen-bond acceptors (Lipinski definition) is 4. The average molecular weight is 287 g/mol. The highest BCUT2D eigenvalue weighted by atomic mass is 32.2. The molecule has 0 heterocycles. The zero-order chi connectivity index (χ0) is 14.1. The Labute approximate surface area is 121 Å². The topological polar surface area (TPSA) is 58.4 Å². The molecular formula is C14H29N3OS. The second kappa shape index (κ2) is 9.61. The molecule has 1 saturated carbocycles. The second-order valence-corrected chi connectivity index (χ2v) is 6.29. The summed E-state index contributed by atoms with van der Waals surface area (Å²) in [6.45, 7) is 8.29. The summed E-state index contributed by atoms with van der Waals surface area (Å²) in [7, 11) is 0. The van der Waals surface area contributed by atoms with Crippen LogP contribution in [0.5, 0.6) is 0 Å². The second-order valence-electron chi connectivity index (χ2n) is 5.18. The molecule has 0 aromatic rings. The molecule has 3 N–H and O–H groups in total. The predicted octanol–water partition coefficient (Wildman–Crippen LogP) is 1.31. The molecule has 0 saturated heterocycles. The van der Waals surface area contributed by atoms with Gasteiger partial charge in [-0.15, -0.1) is 0 Å². The Morgan fingerprint density at radius 1 is 1.37 bits per heavy atom. The van der Waals surface area contributed by atoms with E-state index < -0.39 is 0 Å². The van der Waals surface area contributed by atoms with Gasteiger partial charge in [0.15, 0.2) is 0 Å². The third-order valence-corrected chi connectivity index (χ3v) is 4.93. The van der Waals surface area contributed by atoms with Crippen LogP contribution in [0.4, 0.5) is 0 Å². The molecular weight excluding hydrogens is 258 g/mol. The first kappa shape index (κ1) is 16.8. The summed E-state index contributed by atoms with van der Waals surface area (Å²) in [6, 6.07) is 0.320. The molecule has 0 aliphatic heterocycles. The fourth-order valence-corrected chi connectivity index (χ4v) is 3.46. The van der Waals surface area contributed by atoms with Crippen LogP contribution in [0, 0.1) is 5.92 Å². The van der Waals surface area contributed by atoms with Gasteiger partial charge < -0.3 is 16.0 Å². The van der Waals surface area contributed by atoms with E-state index in [-0.39, 0.29) is 5.91 Å². The molecule has 1 aliphatic carbocycles. The fraction of sp³-hybridized carbons (Fsp3) is 0.929. The van der Waals surface area contributed by atoms with E-state index in [0.717, 1.165) is 38.2 Å². The van der Waals surface area contributed by atoms with Crippen LogP contribution < -0.4 is 11.1 Å². The molecule has 1 aliphatic rings. The van der Waals surface area contributed by atoms with Crippen molar-refractivity contribution in [2.24, 2.45) is 11.7 Å². The van der Waals surface area contributed by atoms with Crippen molar-refractivity contribution in [3.63, 3.8) is 0 Å². The minimum atomic E-state index is 0.176. The Morgan fingerprint density at radius 2 is 2.11 bits per heavy atom. The number of hydrogen-bond donors (Lipinski definition) is 2. The van der Waals surface area contributed by atoms with E-state index in [1.165, 1.54) is 6.42 Å². The molecule has 4 nitrogen and oxygen atoms in total. The zero-order valence-corrected chi connectivity index (χ0v) is 13.2. The molecule has 0 aromatic carbocycles. The first-order chi connectivity index (χ1) is 9.21. The molecule has 5 heteroatoms. The lowest BCUT2D eigenvalue weighted by molar-refractivity contribution is -0.119. The average Bonchev–Trinajstić information content (AvgIpc) is 2.86. The Bertz CT molecular complexity index is 259. The number of amides is 1. The van der Waals surface area contributed by atoms with Gasteiger partial charge in [0.2, 0.25) is 5.91 Å². The molecule has 1 fully saturated rings. The molecule has 112 valence electrons. The minimum Gasteiger partial charge on any atom is -0.352 e. The standard InChI is InChI=1S/C14H29N3OS/c1-3-17(4-2)8-9-19-11-14(18)16-13-7-5-6-12(13)10-15/h12-13H,3-11,15H2,1-2H3,(H,16,18). The largest absolute Gasteiger partial charge is 0.352 e. The smallest absolute Gasteiger partial charge is 0.230 e. The van der Waals surface area contributed by atoms with Crippen LogP contribution in [-0.2, 0) is 4.79 Å². The molecule has 0 spiro atoms. The van der Waals surface area contributed by atoms with Crippen molar-refractivity contribution in [2.75, 3.05) is 37.7 Å². The number of nitrogens with one attached hydrogen (secondary N) is 1. The maximum atomic E-state index is 11.9. The van der Waals surface area contributed by atoms with Crippen LogP contribution in [0.25, 0.3) is 0 Å². The lowest BCUT2D eigenvalue weighted by Crippen LogP contribution is -2.40. The quantitative estimate of drug-likeness (QED) is 0.628. The maximum absolute atomic E-state index is 11.9. The molecule has 0 radical (unpaired) electrons. The van der Waals surface area contributed by atoms with E-state index in [9.17, 15) is 4.79 Å². The Morgan fingerprint density at radius 3 is 2.74 bits per heavy atom. The summed E-state index contributed by atoms with van der Waals surface area (Å²) < 4.78 is 0. The SMILES string of the molecule is CCN(CC)CCSCC(=O)NC1CCCC1CN. The van der Waals surface area contributed by atoms with Gasteiger partial charge in [-0.1, -0.05) is 20.3 Å². The molecule has 0 bridgehead atoms. The lowest BCUT2D eigenvalue weighted by atomic mass is 10.0. The van der Waals surface area contributed by atoms with Crippen molar-refractivity contribution in [1.29, 1.82) is 0 Å². The van der Waals surface area contributed by atoms with E-state index in [4.69, 9.17) is 5.73 Å². The van der Waals surface area contributed by atoms with Crippen LogP contribution in [-0.4, -0.2) is 54.5 Å². The van der Waals surface area contributed by atoms with Gasteiger partial charge >= 0.3 is 0 Å². The number of thioether (sulfide) groups is 1. The normalized spacial score (nSPS) is 22.9. The fourth-order valence-electron chi connectivity index (χ4n) is 2.66. The van der Waals surface area contributed by atoms with Gasteiger partial charge in [0.25, 0.3) is 0 Å². The third-order valence-electron chi connectivity index (χ3n) is 3.99. The van der Waals surface area contributed by atoms with Crippen molar-refractivity contribution >= 4 is 17.7 Å². The summed E-state index contributed by atoms with van der Waals surface area (Å²) in [6.07, 6.45) is 3.45. The van der Waals surface area contributed by atoms with Crippen molar-refractivity contribution in [3.05, 3.63) is 0 Å². The van der Waals surface area contributed by atoms with Crippen molar-refractivity contribution in [2.45, 2.75) is 39.2 Å². The van der Waals surface area contributed by atoms with Crippen molar-refractivity contribution < 1.29 is 4.79 Å². The molecule has 2 unspecified atom stereocenters. The first-order valence-electron chi connectivity index (χ1n) is 7.50. The molecule has 2 atom stereocenters. The Balaban J connectivity index is 2.11. The van der Waals surface area contributed by atoms with Gasteiger partial charge in [-0.2, -0.15) is 11.8 Å². The number of carbonyl (C=O) groups excluding carboxylic acids is 1. The van der Waals surface area contributed by atoms with Crippen molar-refractivity contribution in [3.8, 4) is 0 Å². The van der Waals surface area contributed by atoms with Crippen molar-refractivity contribution in [1.82, 2.24) is 10.2 Å². The Kier molecular flexibility index (Phi) is 8.50. The van der Waals surface area contributed by atoms with E-state index in [1.807, 2.05) is 0 Å². The lowest BCUT2D eigenvalue weighted by Gasteiger charge is -2.20. The van der Waals surface area contributed by atoms with Crippen LogP contribution in [0.15, 0.2) is 0 Å². The summed E-state index contributed by atoms with van der Waals surface area (Å²) >= 11 is 1.73. The summed E-state index contributed by atoms with van der Waals surface area (Å²) in [5.41, 5.74) is 5.72. The monoisotopic (exact) mass is 287 g/mol. The third kappa shape index (κ3) is 6.15.